The number of hydrogen-bond donors (Lipinski definition) is 7. The number of rotatable bonds is 16. The third kappa shape index (κ3) is 16.1. The lowest BCUT2D eigenvalue weighted by molar-refractivity contribution is -0.140. The van der Waals surface area contributed by atoms with Crippen LogP contribution in [0.1, 0.15) is 65.4 Å². The van der Waals surface area contributed by atoms with Gasteiger partial charge in [0.15, 0.2) is 0 Å². The molecule has 0 aromatic heterocycles. The molecule has 3 atom stereocenters. The zero-order valence-corrected chi connectivity index (χ0v) is 23.8. The Morgan fingerprint density at radius 1 is 0.902 bits per heavy atom. The van der Waals surface area contributed by atoms with E-state index in [2.05, 4.69) is 21.3 Å². The molecule has 14 nitrogen and oxygen atoms in total. The van der Waals surface area contributed by atoms with Crippen molar-refractivity contribution in [1.29, 1.82) is 0 Å². The standard InChI is InChI=1S/C26H41BN4O10/c1-17(27(38)39)29-22(33)19(12-8-9-15-28-24(36)40-16-18-10-6-5-7-11-18)30-21(32)14-13-20(23(34)35)31-25(37)41-26(2,3)4/h5-7,10-11,17,19-20,38-39H,8-9,12-16H2,1-4H3,(H,28,36)(H,29,33)(H,30,32)(H,31,37)(H,34,35)/t17-,19+,20+/m1/s1. The molecule has 0 bridgehead atoms. The van der Waals surface area contributed by atoms with Crippen LogP contribution in [0.15, 0.2) is 30.3 Å². The van der Waals surface area contributed by atoms with Crippen molar-refractivity contribution in [1.82, 2.24) is 21.3 Å². The number of ether oxygens (including phenoxy) is 2. The van der Waals surface area contributed by atoms with Crippen molar-refractivity contribution in [3.05, 3.63) is 35.9 Å². The molecule has 0 heterocycles. The molecule has 1 aromatic carbocycles. The lowest BCUT2D eigenvalue weighted by Crippen LogP contribution is -2.53. The Labute approximate surface area is 239 Å². The topological polar surface area (TPSA) is 213 Å². The van der Waals surface area contributed by atoms with Crippen molar-refractivity contribution >= 4 is 37.1 Å². The molecule has 1 aromatic rings. The summed E-state index contributed by atoms with van der Waals surface area (Å²) in [5.41, 5.74) is -0.00712. The van der Waals surface area contributed by atoms with E-state index in [9.17, 15) is 39.1 Å². The molecular formula is C26H41BN4O10. The van der Waals surface area contributed by atoms with Gasteiger partial charge in [-0.25, -0.2) is 14.4 Å². The van der Waals surface area contributed by atoms with Gasteiger partial charge in [0, 0.05) is 13.0 Å². The Morgan fingerprint density at radius 3 is 2.15 bits per heavy atom. The number of carbonyl (C=O) groups is 5. The number of aliphatic carboxylic acids is 1. The second-order valence-corrected chi connectivity index (χ2v) is 10.4. The number of carboxylic acids is 1. The Bertz CT molecular complexity index is 1000. The summed E-state index contributed by atoms with van der Waals surface area (Å²) in [6, 6.07) is 6.68. The quantitative estimate of drug-likeness (QED) is 0.108. The van der Waals surface area contributed by atoms with E-state index in [4.69, 9.17) is 9.47 Å². The molecule has 0 spiro atoms. The molecule has 0 fully saturated rings. The van der Waals surface area contributed by atoms with E-state index in [0.717, 1.165) is 5.56 Å². The molecular weight excluding hydrogens is 539 g/mol. The third-order valence-corrected chi connectivity index (χ3v) is 5.52. The average Bonchev–Trinajstić information content (AvgIpc) is 2.88. The zero-order chi connectivity index (χ0) is 31.0. The fourth-order valence-corrected chi connectivity index (χ4v) is 3.36. The van der Waals surface area contributed by atoms with Crippen molar-refractivity contribution in [2.75, 3.05) is 6.54 Å². The lowest BCUT2D eigenvalue weighted by Gasteiger charge is -2.23. The first-order chi connectivity index (χ1) is 19.2. The molecule has 0 saturated carbocycles. The van der Waals surface area contributed by atoms with Crippen LogP contribution in [0.5, 0.6) is 0 Å². The lowest BCUT2D eigenvalue weighted by atomic mass is 9.81. The highest BCUT2D eigenvalue weighted by Crippen LogP contribution is 2.09. The summed E-state index contributed by atoms with van der Waals surface area (Å²) < 4.78 is 10.2. The summed E-state index contributed by atoms with van der Waals surface area (Å²) in [5.74, 6) is -3.70. The fourth-order valence-electron chi connectivity index (χ4n) is 3.36. The van der Waals surface area contributed by atoms with Gasteiger partial charge in [-0.1, -0.05) is 30.3 Å². The van der Waals surface area contributed by atoms with Gasteiger partial charge in [0.2, 0.25) is 11.8 Å². The van der Waals surface area contributed by atoms with Crippen molar-refractivity contribution < 1.29 is 48.6 Å². The fraction of sp³-hybridized carbons (Fsp3) is 0.577. The molecule has 0 saturated heterocycles. The minimum atomic E-state index is -1.82. The predicted octanol–water partition coefficient (Wildman–Crippen LogP) is 0.843. The van der Waals surface area contributed by atoms with Crippen molar-refractivity contribution in [3.63, 3.8) is 0 Å². The molecule has 1 rings (SSSR count). The average molecular weight is 580 g/mol. The van der Waals surface area contributed by atoms with Crippen LogP contribution in [0.4, 0.5) is 9.59 Å². The highest BCUT2D eigenvalue weighted by molar-refractivity contribution is 6.43. The van der Waals surface area contributed by atoms with Crippen LogP contribution in [0.2, 0.25) is 0 Å². The van der Waals surface area contributed by atoms with Gasteiger partial charge in [0.1, 0.15) is 24.3 Å². The Kier molecular flexibility index (Phi) is 15.2. The molecule has 0 aliphatic carbocycles. The molecule has 0 aliphatic rings. The smallest absolute Gasteiger partial charge is 0.475 e. The van der Waals surface area contributed by atoms with Gasteiger partial charge in [-0.15, -0.1) is 0 Å². The molecule has 41 heavy (non-hydrogen) atoms. The van der Waals surface area contributed by atoms with Gasteiger partial charge in [0.05, 0.1) is 5.94 Å². The van der Waals surface area contributed by atoms with Crippen LogP contribution in [0.25, 0.3) is 0 Å². The molecule has 0 unspecified atom stereocenters. The number of amides is 4. The molecule has 0 radical (unpaired) electrons. The van der Waals surface area contributed by atoms with Gasteiger partial charge >= 0.3 is 25.3 Å². The van der Waals surface area contributed by atoms with Crippen molar-refractivity contribution in [2.45, 2.75) is 90.0 Å². The molecule has 4 amide bonds. The maximum atomic E-state index is 12.7. The number of carboxylic acid groups (broad SMARTS) is 1. The number of hydrogen-bond acceptors (Lipinski definition) is 9. The van der Waals surface area contributed by atoms with Crippen LogP contribution in [0, 0.1) is 0 Å². The van der Waals surface area contributed by atoms with E-state index < -0.39 is 60.7 Å². The summed E-state index contributed by atoms with van der Waals surface area (Å²) in [7, 11) is -1.82. The number of carbonyl (C=O) groups excluding carboxylic acids is 4. The first kappa shape index (κ1) is 35.2. The minimum Gasteiger partial charge on any atom is -0.480 e. The zero-order valence-electron chi connectivity index (χ0n) is 23.8. The SMILES string of the molecule is C[C@@H](NC(=O)[C@H](CCCCNC(=O)OCc1ccccc1)NC(=O)CC[C@H](NC(=O)OC(C)(C)C)C(=O)O)B(O)O. The second-order valence-electron chi connectivity index (χ2n) is 10.4. The molecule has 7 N–H and O–H groups in total. The number of nitrogens with one attached hydrogen (secondary N) is 4. The van der Waals surface area contributed by atoms with Crippen molar-refractivity contribution in [3.8, 4) is 0 Å². The normalized spacial score (nSPS) is 13.1. The van der Waals surface area contributed by atoms with E-state index >= 15 is 0 Å². The molecule has 228 valence electrons. The summed E-state index contributed by atoms with van der Waals surface area (Å²) in [5, 5.41) is 37.7. The van der Waals surface area contributed by atoms with Gasteiger partial charge in [-0.3, -0.25) is 9.59 Å². The van der Waals surface area contributed by atoms with E-state index in [0.29, 0.717) is 12.8 Å². The van der Waals surface area contributed by atoms with E-state index in [1.165, 1.54) is 6.92 Å². The van der Waals surface area contributed by atoms with E-state index in [-0.39, 0.29) is 32.4 Å². The van der Waals surface area contributed by atoms with E-state index in [1.807, 2.05) is 30.3 Å². The predicted molar refractivity (Wildman–Crippen MR) is 148 cm³/mol. The molecule has 0 aliphatic heterocycles. The van der Waals surface area contributed by atoms with Gasteiger partial charge in [-0.2, -0.15) is 0 Å². The third-order valence-electron chi connectivity index (χ3n) is 5.52. The van der Waals surface area contributed by atoms with Crippen LogP contribution in [-0.4, -0.2) is 82.4 Å². The summed E-state index contributed by atoms with van der Waals surface area (Å²) in [4.78, 5) is 60.6. The maximum absolute atomic E-state index is 12.7. The number of unbranched alkanes of at least 4 members (excludes halogenated alkanes) is 1. The van der Waals surface area contributed by atoms with Crippen LogP contribution >= 0.6 is 0 Å². The summed E-state index contributed by atoms with van der Waals surface area (Å²) >= 11 is 0. The number of alkyl carbamates (subject to hydrolysis) is 2. The van der Waals surface area contributed by atoms with Gasteiger partial charge < -0.3 is 45.9 Å². The minimum absolute atomic E-state index is 0.117. The van der Waals surface area contributed by atoms with Crippen LogP contribution in [0.3, 0.4) is 0 Å². The number of benzene rings is 1. The van der Waals surface area contributed by atoms with Gasteiger partial charge in [0.25, 0.3) is 0 Å². The monoisotopic (exact) mass is 580 g/mol. The second kappa shape index (κ2) is 17.8. The van der Waals surface area contributed by atoms with Crippen LogP contribution in [-0.2, 0) is 30.5 Å². The first-order valence-corrected chi connectivity index (χ1v) is 13.3. The summed E-state index contributed by atoms with van der Waals surface area (Å²) in [6.07, 6.45) is -1.17. The highest BCUT2D eigenvalue weighted by atomic mass is 16.6. The maximum Gasteiger partial charge on any atom is 0.475 e. The highest BCUT2D eigenvalue weighted by Gasteiger charge is 2.28. The van der Waals surface area contributed by atoms with E-state index in [1.54, 1.807) is 20.8 Å². The van der Waals surface area contributed by atoms with Crippen LogP contribution < -0.4 is 21.3 Å². The Morgan fingerprint density at radius 2 is 1.56 bits per heavy atom. The Balaban J connectivity index is 2.60. The van der Waals surface area contributed by atoms with Gasteiger partial charge in [-0.05, 0) is 58.9 Å². The summed E-state index contributed by atoms with van der Waals surface area (Å²) in [6.45, 7) is 6.58. The largest absolute Gasteiger partial charge is 0.480 e. The first-order valence-electron chi connectivity index (χ1n) is 13.3. The Hall–Kier alpha value is -3.85. The van der Waals surface area contributed by atoms with Crippen molar-refractivity contribution in [2.24, 2.45) is 0 Å². The molecule has 15 heteroatoms.